The fourth-order valence-corrected chi connectivity index (χ4v) is 0.472. The minimum absolute atomic E-state index is 0. The Morgan fingerprint density at radius 3 is 1.27 bits per heavy atom. The Morgan fingerprint density at radius 1 is 0.818 bits per heavy atom. The summed E-state index contributed by atoms with van der Waals surface area (Å²) in [5.41, 5.74) is 0. The molecule has 68 valence electrons. The summed E-state index contributed by atoms with van der Waals surface area (Å²) >= 11 is 0. The predicted octanol–water partition coefficient (Wildman–Crippen LogP) is -4.13. The van der Waals surface area contributed by atoms with Crippen molar-refractivity contribution in [1.29, 1.82) is 0 Å². The Morgan fingerprint density at radius 2 is 1.09 bits per heavy atom. The van der Waals surface area contributed by atoms with E-state index in [1.54, 1.807) is 0 Å². The maximum Gasteiger partial charge on any atom is 0.187 e. The van der Waals surface area contributed by atoms with E-state index in [1.165, 1.54) is 0 Å². The van der Waals surface area contributed by atoms with Gasteiger partial charge in [0.15, 0.2) is 17.4 Å². The van der Waals surface area contributed by atoms with E-state index >= 15 is 0 Å². The lowest BCUT2D eigenvalue weighted by Crippen LogP contribution is -2.41. The second-order valence-corrected chi connectivity index (χ2v) is 1.99. The highest BCUT2D eigenvalue weighted by atomic mass is 27.0. The highest BCUT2D eigenvalue weighted by molar-refractivity contribution is 5.75. The first-order valence-corrected chi connectivity index (χ1v) is 2.89. The second kappa shape index (κ2) is 7.01. The van der Waals surface area contributed by atoms with Crippen LogP contribution in [0.3, 0.4) is 0 Å². The van der Waals surface area contributed by atoms with Crippen molar-refractivity contribution in [1.82, 2.24) is 0 Å². The standard InChI is InChI=1S/C5H12O5.Al.3H/c6-1-3(8)5(10)4(9)2-7;;;;/h3-10H,1-2H2;;;;. The maximum atomic E-state index is 8.77. The van der Waals surface area contributed by atoms with Gasteiger partial charge in [-0.15, -0.1) is 0 Å². The Labute approximate surface area is 75.0 Å². The van der Waals surface area contributed by atoms with Gasteiger partial charge in [0, 0.05) is 0 Å². The number of aliphatic hydroxyl groups is 5. The van der Waals surface area contributed by atoms with Crippen molar-refractivity contribution >= 4 is 17.4 Å². The van der Waals surface area contributed by atoms with E-state index in [2.05, 4.69) is 0 Å². The van der Waals surface area contributed by atoms with Gasteiger partial charge in [0.05, 0.1) is 13.2 Å². The predicted molar refractivity (Wildman–Crippen MR) is 42.1 cm³/mol. The van der Waals surface area contributed by atoms with Gasteiger partial charge in [-0.2, -0.15) is 0 Å². The summed E-state index contributed by atoms with van der Waals surface area (Å²) in [6.45, 7) is -1.28. The van der Waals surface area contributed by atoms with Crippen molar-refractivity contribution in [3.8, 4) is 0 Å². The van der Waals surface area contributed by atoms with Crippen LogP contribution in [0.4, 0.5) is 0 Å². The van der Waals surface area contributed by atoms with Gasteiger partial charge >= 0.3 is 0 Å². The largest absolute Gasteiger partial charge is 0.394 e. The minimum atomic E-state index is -1.49. The molecule has 0 saturated heterocycles. The summed E-state index contributed by atoms with van der Waals surface area (Å²) in [6, 6.07) is 0. The van der Waals surface area contributed by atoms with Crippen molar-refractivity contribution in [2.45, 2.75) is 18.3 Å². The molecule has 0 bridgehead atoms. The molecular formula is C5H15AlO5. The third kappa shape index (κ3) is 4.72. The molecule has 0 spiro atoms. The Kier molecular flexibility index (Phi) is 8.85. The van der Waals surface area contributed by atoms with Gasteiger partial charge in [0.2, 0.25) is 0 Å². The molecule has 2 atom stereocenters. The highest BCUT2D eigenvalue weighted by Crippen LogP contribution is 1.97. The van der Waals surface area contributed by atoms with Crippen LogP contribution in [-0.4, -0.2) is 74.4 Å². The minimum Gasteiger partial charge on any atom is -0.394 e. The molecule has 0 aromatic rings. The van der Waals surface area contributed by atoms with E-state index in [-0.39, 0.29) is 17.4 Å². The lowest BCUT2D eigenvalue weighted by Gasteiger charge is -2.19. The van der Waals surface area contributed by atoms with Crippen LogP contribution < -0.4 is 0 Å². The first-order valence-electron chi connectivity index (χ1n) is 2.89. The van der Waals surface area contributed by atoms with E-state index in [9.17, 15) is 0 Å². The molecule has 5 N–H and O–H groups in total. The molecule has 0 radical (unpaired) electrons. The van der Waals surface area contributed by atoms with Gasteiger partial charge in [-0.25, -0.2) is 0 Å². The van der Waals surface area contributed by atoms with E-state index in [0.717, 1.165) is 0 Å². The summed E-state index contributed by atoms with van der Waals surface area (Å²) in [5.74, 6) is 0. The first kappa shape index (κ1) is 13.9. The summed E-state index contributed by atoms with van der Waals surface area (Å²) in [4.78, 5) is 0. The molecule has 6 heteroatoms. The van der Waals surface area contributed by atoms with Gasteiger partial charge in [-0.1, -0.05) is 0 Å². The number of hydrogen-bond acceptors (Lipinski definition) is 5. The van der Waals surface area contributed by atoms with Crippen LogP contribution in [0.15, 0.2) is 0 Å². The monoisotopic (exact) mass is 182 g/mol. The van der Waals surface area contributed by atoms with Crippen molar-refractivity contribution in [2.24, 2.45) is 0 Å². The van der Waals surface area contributed by atoms with E-state index in [0.29, 0.717) is 0 Å². The van der Waals surface area contributed by atoms with E-state index in [1.807, 2.05) is 0 Å². The summed E-state index contributed by atoms with van der Waals surface area (Å²) in [5, 5.41) is 42.6. The Hall–Kier alpha value is 0.332. The topological polar surface area (TPSA) is 101 Å². The molecule has 2 unspecified atom stereocenters. The molecule has 0 amide bonds. The van der Waals surface area contributed by atoms with Crippen LogP contribution in [0.25, 0.3) is 0 Å². The second-order valence-electron chi connectivity index (χ2n) is 1.99. The highest BCUT2D eigenvalue weighted by Gasteiger charge is 2.22. The van der Waals surface area contributed by atoms with Gasteiger partial charge in [0.1, 0.15) is 18.3 Å². The number of hydrogen-bond donors (Lipinski definition) is 5. The molecule has 11 heavy (non-hydrogen) atoms. The molecule has 0 aromatic carbocycles. The third-order valence-electron chi connectivity index (χ3n) is 1.16. The van der Waals surface area contributed by atoms with Gasteiger partial charge < -0.3 is 25.5 Å². The SMILES string of the molecule is OCC(O)C(O)C(O)CO.[AlH3]. The molecule has 0 heterocycles. The van der Waals surface area contributed by atoms with Crippen molar-refractivity contribution in [3.63, 3.8) is 0 Å². The molecule has 0 saturated carbocycles. The Balaban J connectivity index is 0. The molecule has 0 fully saturated rings. The zero-order valence-electron chi connectivity index (χ0n) is 5.38. The zero-order chi connectivity index (χ0) is 8.15. The van der Waals surface area contributed by atoms with Crippen LogP contribution in [0.1, 0.15) is 0 Å². The summed E-state index contributed by atoms with van der Waals surface area (Å²) in [6.07, 6.45) is -4.29. The van der Waals surface area contributed by atoms with Crippen LogP contribution in [0, 0.1) is 0 Å². The normalized spacial score (nSPS) is 18.3. The lowest BCUT2D eigenvalue weighted by molar-refractivity contribution is -0.0900. The van der Waals surface area contributed by atoms with Gasteiger partial charge in [0.25, 0.3) is 0 Å². The summed E-state index contributed by atoms with van der Waals surface area (Å²) in [7, 11) is 0. The average molecular weight is 182 g/mol. The number of aliphatic hydroxyl groups excluding tert-OH is 5. The molecule has 5 nitrogen and oxygen atoms in total. The molecule has 0 aromatic heterocycles. The van der Waals surface area contributed by atoms with Crippen LogP contribution in [0.5, 0.6) is 0 Å². The maximum absolute atomic E-state index is 8.77. The Bertz CT molecular complexity index is 80.9. The third-order valence-corrected chi connectivity index (χ3v) is 1.16. The van der Waals surface area contributed by atoms with Gasteiger partial charge in [-0.3, -0.25) is 0 Å². The first-order chi connectivity index (χ1) is 4.63. The smallest absolute Gasteiger partial charge is 0.187 e. The van der Waals surface area contributed by atoms with Crippen LogP contribution in [0.2, 0.25) is 0 Å². The van der Waals surface area contributed by atoms with Crippen molar-refractivity contribution in [2.75, 3.05) is 13.2 Å². The zero-order valence-corrected chi connectivity index (χ0v) is 5.38. The van der Waals surface area contributed by atoms with Crippen LogP contribution >= 0.6 is 0 Å². The lowest BCUT2D eigenvalue weighted by atomic mass is 10.1. The average Bonchev–Trinajstić information content (AvgIpc) is 2.00. The van der Waals surface area contributed by atoms with E-state index in [4.69, 9.17) is 25.5 Å². The molecule has 0 aliphatic carbocycles. The molecule has 0 rings (SSSR count). The van der Waals surface area contributed by atoms with Crippen molar-refractivity contribution in [3.05, 3.63) is 0 Å². The van der Waals surface area contributed by atoms with Crippen LogP contribution in [-0.2, 0) is 0 Å². The van der Waals surface area contributed by atoms with Crippen molar-refractivity contribution < 1.29 is 25.5 Å². The molecule has 0 aliphatic rings. The fraction of sp³-hybridized carbons (Fsp3) is 1.00. The molecular weight excluding hydrogens is 167 g/mol. The quantitative estimate of drug-likeness (QED) is 0.284. The summed E-state index contributed by atoms with van der Waals surface area (Å²) < 4.78 is 0. The van der Waals surface area contributed by atoms with Gasteiger partial charge in [-0.05, 0) is 0 Å². The molecule has 0 aliphatic heterocycles. The van der Waals surface area contributed by atoms with E-state index < -0.39 is 31.5 Å². The fourth-order valence-electron chi connectivity index (χ4n) is 0.472. The number of rotatable bonds is 4.